The number of nitrogens with one attached hydrogen (secondary N) is 1. The summed E-state index contributed by atoms with van der Waals surface area (Å²) in [6.45, 7) is 6.57. The first-order valence-corrected chi connectivity index (χ1v) is 6.31. The summed E-state index contributed by atoms with van der Waals surface area (Å²) in [5.74, 6) is 1.34. The van der Waals surface area contributed by atoms with E-state index < -0.39 is 0 Å². The molecule has 3 N–H and O–H groups in total. The van der Waals surface area contributed by atoms with Gasteiger partial charge in [-0.1, -0.05) is 13.8 Å². The van der Waals surface area contributed by atoms with Crippen molar-refractivity contribution in [3.05, 3.63) is 17.7 Å². The first kappa shape index (κ1) is 13.7. The average Bonchev–Trinajstić information content (AvgIpc) is 2.76. The number of aryl methyl sites for hydroxylation is 1. The summed E-state index contributed by atoms with van der Waals surface area (Å²) >= 11 is 0. The Balaban J connectivity index is 2.09. The molecule has 0 aromatic heterocycles. The second-order valence-corrected chi connectivity index (χ2v) is 5.61. The summed E-state index contributed by atoms with van der Waals surface area (Å²) in [5, 5.41) is 2.90. The summed E-state index contributed by atoms with van der Waals surface area (Å²) in [6, 6.07) is 3.66. The first-order valence-electron chi connectivity index (χ1n) is 6.31. The van der Waals surface area contributed by atoms with Crippen molar-refractivity contribution in [2.24, 2.45) is 11.1 Å². The highest BCUT2D eigenvalue weighted by Gasteiger charge is 2.22. The Morgan fingerprint density at radius 3 is 2.63 bits per heavy atom. The molecule has 1 aromatic rings. The zero-order valence-corrected chi connectivity index (χ0v) is 11.6. The Hall–Kier alpha value is -1.75. The van der Waals surface area contributed by atoms with Crippen LogP contribution in [0, 0.1) is 12.3 Å². The molecule has 1 aliphatic rings. The third-order valence-corrected chi connectivity index (χ3v) is 3.19. The number of anilines is 1. The van der Waals surface area contributed by atoms with Crippen molar-refractivity contribution < 1.29 is 14.3 Å². The van der Waals surface area contributed by atoms with E-state index in [0.29, 0.717) is 18.7 Å². The fourth-order valence-electron chi connectivity index (χ4n) is 1.88. The largest absolute Gasteiger partial charge is 0.454 e. The van der Waals surface area contributed by atoms with Crippen molar-refractivity contribution >= 4 is 11.6 Å². The fraction of sp³-hybridized carbons (Fsp3) is 0.500. The number of hydrogen-bond acceptors (Lipinski definition) is 4. The van der Waals surface area contributed by atoms with Crippen LogP contribution in [0.15, 0.2) is 12.1 Å². The third kappa shape index (κ3) is 3.17. The second kappa shape index (κ2) is 5.09. The molecule has 0 radical (unpaired) electrons. The SMILES string of the molecule is Cc1cc2c(cc1NC(=O)CC(C)(C)CN)OCO2. The summed E-state index contributed by atoms with van der Waals surface area (Å²) in [4.78, 5) is 12.0. The molecule has 5 nitrogen and oxygen atoms in total. The molecule has 1 aromatic carbocycles. The van der Waals surface area contributed by atoms with Crippen LogP contribution in [0.2, 0.25) is 0 Å². The number of ether oxygens (including phenoxy) is 2. The quantitative estimate of drug-likeness (QED) is 0.872. The van der Waals surface area contributed by atoms with Crippen molar-refractivity contribution in [2.75, 3.05) is 18.7 Å². The van der Waals surface area contributed by atoms with E-state index in [4.69, 9.17) is 15.2 Å². The minimum absolute atomic E-state index is 0.0441. The molecule has 0 saturated carbocycles. The lowest BCUT2D eigenvalue weighted by Gasteiger charge is -2.21. The number of amides is 1. The smallest absolute Gasteiger partial charge is 0.231 e. The molecule has 0 fully saturated rings. The van der Waals surface area contributed by atoms with E-state index in [2.05, 4.69) is 5.32 Å². The highest BCUT2D eigenvalue weighted by Crippen LogP contribution is 2.36. The van der Waals surface area contributed by atoms with Gasteiger partial charge >= 0.3 is 0 Å². The topological polar surface area (TPSA) is 73.6 Å². The van der Waals surface area contributed by atoms with E-state index in [1.807, 2.05) is 26.8 Å². The summed E-state index contributed by atoms with van der Waals surface area (Å²) in [5.41, 5.74) is 7.13. The molecule has 1 aliphatic heterocycles. The number of carbonyl (C=O) groups is 1. The monoisotopic (exact) mass is 264 g/mol. The maximum atomic E-state index is 12.0. The molecule has 1 amide bonds. The maximum Gasteiger partial charge on any atom is 0.231 e. The van der Waals surface area contributed by atoms with E-state index in [1.54, 1.807) is 6.07 Å². The van der Waals surface area contributed by atoms with Crippen LogP contribution < -0.4 is 20.5 Å². The molecule has 1 heterocycles. The van der Waals surface area contributed by atoms with Gasteiger partial charge in [0.1, 0.15) is 0 Å². The number of rotatable bonds is 4. The van der Waals surface area contributed by atoms with Gasteiger partial charge in [-0.05, 0) is 30.5 Å². The van der Waals surface area contributed by atoms with Crippen LogP contribution in [0.5, 0.6) is 11.5 Å². The van der Waals surface area contributed by atoms with Crippen LogP contribution in [0.25, 0.3) is 0 Å². The zero-order valence-electron chi connectivity index (χ0n) is 11.6. The number of nitrogens with two attached hydrogens (primary N) is 1. The van der Waals surface area contributed by atoms with Gasteiger partial charge in [-0.25, -0.2) is 0 Å². The van der Waals surface area contributed by atoms with Crippen LogP contribution in [-0.2, 0) is 4.79 Å². The second-order valence-electron chi connectivity index (χ2n) is 5.61. The highest BCUT2D eigenvalue weighted by molar-refractivity contribution is 5.92. The van der Waals surface area contributed by atoms with E-state index in [1.165, 1.54) is 0 Å². The Kier molecular flexibility index (Phi) is 3.66. The molecule has 5 heteroatoms. The number of carbonyl (C=O) groups excluding carboxylic acids is 1. The van der Waals surface area contributed by atoms with Gasteiger partial charge in [0.25, 0.3) is 0 Å². The summed E-state index contributed by atoms with van der Waals surface area (Å²) < 4.78 is 10.6. The summed E-state index contributed by atoms with van der Waals surface area (Å²) in [7, 11) is 0. The Bertz CT molecular complexity index is 498. The van der Waals surface area contributed by atoms with E-state index in [0.717, 1.165) is 17.0 Å². The van der Waals surface area contributed by atoms with Gasteiger partial charge in [-0.15, -0.1) is 0 Å². The first-order chi connectivity index (χ1) is 8.91. The van der Waals surface area contributed by atoms with Crippen molar-refractivity contribution in [2.45, 2.75) is 27.2 Å². The minimum atomic E-state index is -0.200. The molecule has 0 aliphatic carbocycles. The zero-order chi connectivity index (χ0) is 14.0. The van der Waals surface area contributed by atoms with E-state index in [-0.39, 0.29) is 18.1 Å². The van der Waals surface area contributed by atoms with E-state index >= 15 is 0 Å². The lowest BCUT2D eigenvalue weighted by Crippen LogP contribution is -2.29. The molecule has 0 bridgehead atoms. The molecular weight excluding hydrogens is 244 g/mol. The Morgan fingerprint density at radius 1 is 1.37 bits per heavy atom. The lowest BCUT2D eigenvalue weighted by atomic mass is 9.89. The van der Waals surface area contributed by atoms with Crippen LogP contribution in [0.4, 0.5) is 5.69 Å². The molecular formula is C14H20N2O3. The van der Waals surface area contributed by atoms with Gasteiger partial charge in [-0.2, -0.15) is 0 Å². The molecule has 104 valence electrons. The molecule has 19 heavy (non-hydrogen) atoms. The minimum Gasteiger partial charge on any atom is -0.454 e. The van der Waals surface area contributed by atoms with Crippen LogP contribution >= 0.6 is 0 Å². The third-order valence-electron chi connectivity index (χ3n) is 3.19. The maximum absolute atomic E-state index is 12.0. The lowest BCUT2D eigenvalue weighted by molar-refractivity contribution is -0.117. The van der Waals surface area contributed by atoms with Crippen LogP contribution in [0.3, 0.4) is 0 Å². The number of benzene rings is 1. The standard InChI is InChI=1S/C14H20N2O3/c1-9-4-11-12(19-8-18-11)5-10(9)16-13(17)6-14(2,3)7-15/h4-5H,6-8,15H2,1-3H3,(H,16,17). The van der Waals surface area contributed by atoms with Gasteiger partial charge < -0.3 is 20.5 Å². The van der Waals surface area contributed by atoms with Gasteiger partial charge in [-0.3, -0.25) is 4.79 Å². The summed E-state index contributed by atoms with van der Waals surface area (Å²) in [6.07, 6.45) is 0.386. The van der Waals surface area contributed by atoms with Crippen LogP contribution in [0.1, 0.15) is 25.8 Å². The normalized spacial score (nSPS) is 13.5. The van der Waals surface area contributed by atoms with Gasteiger partial charge in [0.2, 0.25) is 12.7 Å². The van der Waals surface area contributed by atoms with Crippen LogP contribution in [-0.4, -0.2) is 19.2 Å². The average molecular weight is 264 g/mol. The van der Waals surface area contributed by atoms with Gasteiger partial charge in [0.15, 0.2) is 11.5 Å². The van der Waals surface area contributed by atoms with Crippen molar-refractivity contribution in [3.8, 4) is 11.5 Å². The van der Waals surface area contributed by atoms with Crippen molar-refractivity contribution in [3.63, 3.8) is 0 Å². The highest BCUT2D eigenvalue weighted by atomic mass is 16.7. The van der Waals surface area contributed by atoms with Crippen molar-refractivity contribution in [1.82, 2.24) is 0 Å². The molecule has 0 saturated heterocycles. The molecule has 2 rings (SSSR count). The van der Waals surface area contributed by atoms with E-state index in [9.17, 15) is 4.79 Å². The van der Waals surface area contributed by atoms with Gasteiger partial charge in [0.05, 0.1) is 0 Å². The predicted molar refractivity (Wildman–Crippen MR) is 73.4 cm³/mol. The fourth-order valence-corrected chi connectivity index (χ4v) is 1.88. The molecule has 0 atom stereocenters. The van der Waals surface area contributed by atoms with Crippen molar-refractivity contribution in [1.29, 1.82) is 0 Å². The van der Waals surface area contributed by atoms with Gasteiger partial charge in [0, 0.05) is 18.2 Å². The number of fused-ring (bicyclic) bond motifs is 1. The predicted octanol–water partition coefficient (Wildman–Crippen LogP) is 2.04. The number of hydrogen-bond donors (Lipinski definition) is 2. The molecule has 0 unspecified atom stereocenters. The Labute approximate surface area is 113 Å². The molecule has 0 spiro atoms. The Morgan fingerprint density at radius 2 is 2.00 bits per heavy atom.